The molecule has 15 heavy (non-hydrogen) atoms. The van der Waals surface area contributed by atoms with Gasteiger partial charge in [-0.3, -0.25) is 4.79 Å². The van der Waals surface area contributed by atoms with Gasteiger partial charge in [0.15, 0.2) is 0 Å². The van der Waals surface area contributed by atoms with Gasteiger partial charge in [0.2, 0.25) is 0 Å². The predicted octanol–water partition coefficient (Wildman–Crippen LogP) is 3.01. The third kappa shape index (κ3) is 3.20. The monoisotopic (exact) mass is 208 g/mol. The Hall–Kier alpha value is -1.64. The molecule has 0 aliphatic carbocycles. The summed E-state index contributed by atoms with van der Waals surface area (Å²) in [4.78, 5) is 10.3. The predicted molar refractivity (Wildman–Crippen MR) is 57.0 cm³/mol. The van der Waals surface area contributed by atoms with Crippen LogP contribution in [0.5, 0.6) is 0 Å². The van der Waals surface area contributed by atoms with Crippen molar-refractivity contribution in [2.24, 2.45) is 0 Å². The smallest absolute Gasteiger partial charge is 0.307 e. The Balaban J connectivity index is 2.95. The quantitative estimate of drug-likeness (QED) is 0.829. The highest BCUT2D eigenvalue weighted by Crippen LogP contribution is 2.19. The third-order valence-electron chi connectivity index (χ3n) is 2.13. The second-order valence-electron chi connectivity index (χ2n) is 3.47. The van der Waals surface area contributed by atoms with E-state index < -0.39 is 5.97 Å². The summed E-state index contributed by atoms with van der Waals surface area (Å²) in [7, 11) is 0. The SMILES string of the molecule is C/C(=C\CC(=O)O)c1ccc(C)cc1F. The molecule has 1 rings (SSSR count). The van der Waals surface area contributed by atoms with Crippen molar-refractivity contribution in [3.8, 4) is 0 Å². The second-order valence-corrected chi connectivity index (χ2v) is 3.47. The fraction of sp³-hybridized carbons (Fsp3) is 0.250. The van der Waals surface area contributed by atoms with E-state index in [1.165, 1.54) is 12.1 Å². The minimum atomic E-state index is -0.915. The van der Waals surface area contributed by atoms with Gasteiger partial charge in [-0.15, -0.1) is 0 Å². The Morgan fingerprint density at radius 1 is 1.53 bits per heavy atom. The van der Waals surface area contributed by atoms with Crippen LogP contribution in [-0.2, 0) is 4.79 Å². The van der Waals surface area contributed by atoms with Crippen molar-refractivity contribution in [2.75, 3.05) is 0 Å². The molecule has 3 heteroatoms. The number of halogens is 1. The summed E-state index contributed by atoms with van der Waals surface area (Å²) in [6.45, 7) is 3.51. The number of aliphatic carboxylic acids is 1. The van der Waals surface area contributed by atoms with Gasteiger partial charge in [0.05, 0.1) is 6.42 Å². The van der Waals surface area contributed by atoms with E-state index in [4.69, 9.17) is 5.11 Å². The Labute approximate surface area is 88.1 Å². The largest absolute Gasteiger partial charge is 0.481 e. The Morgan fingerprint density at radius 3 is 2.73 bits per heavy atom. The van der Waals surface area contributed by atoms with Gasteiger partial charge in [0, 0.05) is 5.56 Å². The van der Waals surface area contributed by atoms with Crippen LogP contribution in [0.4, 0.5) is 4.39 Å². The molecular weight excluding hydrogens is 195 g/mol. The fourth-order valence-corrected chi connectivity index (χ4v) is 1.29. The summed E-state index contributed by atoms with van der Waals surface area (Å²) < 4.78 is 13.4. The van der Waals surface area contributed by atoms with E-state index in [-0.39, 0.29) is 12.2 Å². The lowest BCUT2D eigenvalue weighted by atomic mass is 10.0. The van der Waals surface area contributed by atoms with Crippen molar-refractivity contribution in [1.29, 1.82) is 0 Å². The first-order chi connectivity index (χ1) is 7.00. The summed E-state index contributed by atoms with van der Waals surface area (Å²) in [6.07, 6.45) is 1.43. The normalized spacial score (nSPS) is 11.5. The summed E-state index contributed by atoms with van der Waals surface area (Å²) in [5, 5.41) is 8.48. The van der Waals surface area contributed by atoms with Crippen molar-refractivity contribution in [3.63, 3.8) is 0 Å². The average molecular weight is 208 g/mol. The Bertz CT molecular complexity index is 408. The maximum atomic E-state index is 13.4. The number of aryl methyl sites for hydroxylation is 1. The topological polar surface area (TPSA) is 37.3 Å². The Morgan fingerprint density at radius 2 is 2.20 bits per heavy atom. The highest BCUT2D eigenvalue weighted by atomic mass is 19.1. The van der Waals surface area contributed by atoms with Crippen molar-refractivity contribution in [1.82, 2.24) is 0 Å². The first-order valence-electron chi connectivity index (χ1n) is 4.66. The zero-order valence-electron chi connectivity index (χ0n) is 8.75. The molecule has 0 radical (unpaired) electrons. The molecule has 1 aromatic rings. The van der Waals surface area contributed by atoms with E-state index in [2.05, 4.69) is 0 Å². The van der Waals surface area contributed by atoms with Crippen LogP contribution in [0.15, 0.2) is 24.3 Å². The van der Waals surface area contributed by atoms with Crippen LogP contribution in [0, 0.1) is 12.7 Å². The van der Waals surface area contributed by atoms with Crippen LogP contribution in [0.3, 0.4) is 0 Å². The van der Waals surface area contributed by atoms with Crippen LogP contribution < -0.4 is 0 Å². The number of benzene rings is 1. The zero-order chi connectivity index (χ0) is 11.4. The summed E-state index contributed by atoms with van der Waals surface area (Å²) in [6, 6.07) is 4.91. The van der Waals surface area contributed by atoms with Crippen LogP contribution in [0.1, 0.15) is 24.5 Å². The lowest BCUT2D eigenvalue weighted by Gasteiger charge is -2.04. The van der Waals surface area contributed by atoms with E-state index in [0.717, 1.165) is 5.56 Å². The van der Waals surface area contributed by atoms with Gasteiger partial charge < -0.3 is 5.11 Å². The van der Waals surface area contributed by atoms with Gasteiger partial charge in [0.1, 0.15) is 5.82 Å². The highest BCUT2D eigenvalue weighted by Gasteiger charge is 2.04. The highest BCUT2D eigenvalue weighted by molar-refractivity contribution is 5.73. The first kappa shape index (κ1) is 11.4. The van der Waals surface area contributed by atoms with Crippen molar-refractivity contribution >= 4 is 11.5 Å². The van der Waals surface area contributed by atoms with Crippen LogP contribution in [0.25, 0.3) is 5.57 Å². The first-order valence-corrected chi connectivity index (χ1v) is 4.66. The molecule has 0 heterocycles. The molecule has 0 spiro atoms. The molecule has 0 amide bonds. The standard InChI is InChI=1S/C12H13FO2/c1-8-3-5-10(11(13)7-8)9(2)4-6-12(14)15/h3-5,7H,6H2,1-2H3,(H,14,15)/b9-4+. The van der Waals surface area contributed by atoms with E-state index in [1.807, 2.05) is 6.92 Å². The lowest BCUT2D eigenvalue weighted by Crippen LogP contribution is -1.93. The number of carboxylic acid groups (broad SMARTS) is 1. The van der Waals surface area contributed by atoms with Gasteiger partial charge in [-0.05, 0) is 31.1 Å². The maximum Gasteiger partial charge on any atom is 0.307 e. The van der Waals surface area contributed by atoms with E-state index >= 15 is 0 Å². The maximum absolute atomic E-state index is 13.4. The Kier molecular flexibility index (Phi) is 3.61. The molecule has 1 N–H and O–H groups in total. The number of rotatable bonds is 3. The number of hydrogen-bond donors (Lipinski definition) is 1. The van der Waals surface area contributed by atoms with Crippen molar-refractivity contribution in [3.05, 3.63) is 41.2 Å². The lowest BCUT2D eigenvalue weighted by molar-refractivity contribution is -0.135. The second kappa shape index (κ2) is 4.73. The van der Waals surface area contributed by atoms with Gasteiger partial charge in [-0.2, -0.15) is 0 Å². The zero-order valence-corrected chi connectivity index (χ0v) is 8.75. The van der Waals surface area contributed by atoms with E-state index in [9.17, 15) is 9.18 Å². The molecule has 0 saturated heterocycles. The molecular formula is C12H13FO2. The average Bonchev–Trinajstić information content (AvgIpc) is 2.14. The minimum Gasteiger partial charge on any atom is -0.481 e. The number of allylic oxidation sites excluding steroid dienone is 1. The van der Waals surface area contributed by atoms with Crippen LogP contribution in [-0.4, -0.2) is 11.1 Å². The molecule has 0 aliphatic rings. The molecule has 0 saturated carbocycles. The molecule has 80 valence electrons. The minimum absolute atomic E-state index is 0.0842. The number of hydrogen-bond acceptors (Lipinski definition) is 1. The molecule has 0 bridgehead atoms. The van der Waals surface area contributed by atoms with Gasteiger partial charge in [-0.1, -0.05) is 18.2 Å². The fourth-order valence-electron chi connectivity index (χ4n) is 1.29. The van der Waals surface area contributed by atoms with Gasteiger partial charge in [-0.25, -0.2) is 4.39 Å². The molecule has 0 aliphatic heterocycles. The van der Waals surface area contributed by atoms with Crippen molar-refractivity contribution in [2.45, 2.75) is 20.3 Å². The summed E-state index contributed by atoms with van der Waals surface area (Å²) in [5.41, 5.74) is 1.96. The molecule has 1 aromatic carbocycles. The van der Waals surface area contributed by atoms with Gasteiger partial charge in [0.25, 0.3) is 0 Å². The molecule has 0 unspecified atom stereocenters. The van der Waals surface area contributed by atoms with E-state index in [1.54, 1.807) is 19.1 Å². The van der Waals surface area contributed by atoms with Crippen LogP contribution in [0.2, 0.25) is 0 Å². The number of carboxylic acids is 1. The van der Waals surface area contributed by atoms with E-state index in [0.29, 0.717) is 11.1 Å². The molecule has 2 nitrogen and oxygen atoms in total. The molecule has 0 aromatic heterocycles. The number of carbonyl (C=O) groups is 1. The molecule has 0 atom stereocenters. The third-order valence-corrected chi connectivity index (χ3v) is 2.13. The van der Waals surface area contributed by atoms with Crippen LogP contribution >= 0.6 is 0 Å². The van der Waals surface area contributed by atoms with Crippen molar-refractivity contribution < 1.29 is 14.3 Å². The summed E-state index contributed by atoms with van der Waals surface area (Å²) in [5.74, 6) is -1.23. The van der Waals surface area contributed by atoms with Gasteiger partial charge >= 0.3 is 5.97 Å². The molecule has 0 fully saturated rings. The summed E-state index contributed by atoms with van der Waals surface area (Å²) >= 11 is 0.